The molecular weight excluding hydrogens is 945 g/mol. The van der Waals surface area contributed by atoms with E-state index in [1.165, 1.54) is 72.0 Å². The lowest BCUT2D eigenvalue weighted by Gasteiger charge is -2.25. The second-order valence-corrected chi connectivity index (χ2v) is 20.3. The van der Waals surface area contributed by atoms with Crippen LogP contribution in [0, 0.1) is 0 Å². The van der Waals surface area contributed by atoms with Gasteiger partial charge in [0, 0.05) is 59.2 Å². The van der Waals surface area contributed by atoms with Crippen LogP contribution in [-0.2, 0) is 5.41 Å². The number of aromatic nitrogens is 4. The fraction of sp³-hybridized carbons (Fsp3) is 0.0455. The summed E-state index contributed by atoms with van der Waals surface area (Å²) in [6.07, 6.45) is 0. The third-order valence-electron chi connectivity index (χ3n) is 14.7. The molecule has 3 aromatic heterocycles. The summed E-state index contributed by atoms with van der Waals surface area (Å²) in [5.74, 6) is 1.79. The highest BCUT2D eigenvalue weighted by molar-refractivity contribution is 9.10. The number of rotatable bonds is 7. The molecule has 3 heterocycles. The highest BCUT2D eigenvalue weighted by atomic mass is 79.9. The molecule has 0 bridgehead atoms. The Morgan fingerprint density at radius 3 is 1.76 bits per heavy atom. The number of benzene rings is 10. The topological polar surface area (TPSA) is 67.6 Å². The van der Waals surface area contributed by atoms with Gasteiger partial charge in [0.15, 0.2) is 17.5 Å². The van der Waals surface area contributed by atoms with E-state index in [0.29, 0.717) is 17.5 Å². The van der Waals surface area contributed by atoms with Crippen molar-refractivity contribution in [1.29, 1.82) is 0 Å². The minimum absolute atomic E-state index is 0.258. The normalized spacial score (nSPS) is 12.8. The molecule has 0 spiro atoms. The van der Waals surface area contributed by atoms with Crippen LogP contribution in [0.4, 0.5) is 0 Å². The van der Waals surface area contributed by atoms with Gasteiger partial charge in [0.2, 0.25) is 0 Å². The molecule has 10 aromatic carbocycles. The van der Waals surface area contributed by atoms with E-state index in [-0.39, 0.29) is 5.41 Å². The number of furan rings is 1. The van der Waals surface area contributed by atoms with Crippen LogP contribution in [-0.4, -0.2) is 19.9 Å². The van der Waals surface area contributed by atoms with Crippen molar-refractivity contribution in [2.24, 2.45) is 0 Å². The molecule has 0 fully saturated rings. The predicted molar refractivity (Wildman–Crippen MR) is 300 cm³/mol. The van der Waals surface area contributed by atoms with Crippen LogP contribution in [0.2, 0.25) is 0 Å². The van der Waals surface area contributed by atoms with E-state index in [4.69, 9.17) is 19.4 Å². The molecule has 5 nitrogen and oxygen atoms in total. The molecule has 0 unspecified atom stereocenters. The minimum atomic E-state index is -0.258. The third kappa shape index (κ3) is 6.93. The Morgan fingerprint density at radius 1 is 0.375 bits per heavy atom. The Labute approximate surface area is 424 Å². The van der Waals surface area contributed by atoms with Gasteiger partial charge in [-0.25, -0.2) is 15.0 Å². The van der Waals surface area contributed by atoms with Crippen LogP contribution in [0.3, 0.4) is 0 Å². The van der Waals surface area contributed by atoms with Crippen LogP contribution in [0.5, 0.6) is 0 Å². The van der Waals surface area contributed by atoms with Crippen LogP contribution in [0.15, 0.2) is 227 Å². The Balaban J connectivity index is 0.792. The van der Waals surface area contributed by atoms with Crippen molar-refractivity contribution in [2.75, 3.05) is 0 Å². The molecule has 0 atom stereocenters. The van der Waals surface area contributed by atoms with Gasteiger partial charge in [-0.15, -0.1) is 0 Å². The lowest BCUT2D eigenvalue weighted by atomic mass is 9.78. The lowest BCUT2D eigenvalue weighted by molar-refractivity contribution is 0.662. The van der Waals surface area contributed by atoms with Gasteiger partial charge in [-0.05, 0) is 116 Å². The fourth-order valence-electron chi connectivity index (χ4n) is 11.2. The second-order valence-electron chi connectivity index (χ2n) is 19.4. The van der Waals surface area contributed by atoms with Crippen molar-refractivity contribution in [3.05, 3.63) is 234 Å². The van der Waals surface area contributed by atoms with Crippen molar-refractivity contribution >= 4 is 59.7 Å². The smallest absolute Gasteiger partial charge is 0.164 e. The molecule has 13 aromatic rings. The molecule has 6 heteroatoms. The van der Waals surface area contributed by atoms with E-state index in [9.17, 15) is 0 Å². The quantitative estimate of drug-likeness (QED) is 0.173. The first-order chi connectivity index (χ1) is 35.3. The monoisotopic (exact) mass is 986 g/mol. The van der Waals surface area contributed by atoms with Gasteiger partial charge in [-0.1, -0.05) is 194 Å². The summed E-state index contributed by atoms with van der Waals surface area (Å²) in [6.45, 7) is 4.74. The van der Waals surface area contributed by atoms with Crippen LogP contribution >= 0.6 is 15.9 Å². The molecule has 0 amide bonds. The third-order valence-corrected chi connectivity index (χ3v) is 15.3. The van der Waals surface area contributed by atoms with Crippen LogP contribution < -0.4 is 0 Å². The number of nitrogens with one attached hydrogen (secondary N) is 1. The zero-order valence-electron chi connectivity index (χ0n) is 39.4. The molecule has 0 radical (unpaired) electrons. The number of para-hydroxylation sites is 2. The molecule has 14 rings (SSSR count). The number of fused-ring (bicyclic) bond motifs is 9. The Kier molecular flexibility index (Phi) is 9.64. The summed E-state index contributed by atoms with van der Waals surface area (Å²) in [4.78, 5) is 19.0. The largest absolute Gasteiger partial charge is 0.456 e. The molecule has 1 aliphatic carbocycles. The number of hydrogen-bond donors (Lipinski definition) is 1. The zero-order valence-corrected chi connectivity index (χ0v) is 41.0. The van der Waals surface area contributed by atoms with Gasteiger partial charge in [-0.3, -0.25) is 0 Å². The highest BCUT2D eigenvalue weighted by Crippen LogP contribution is 2.53. The Bertz CT molecular complexity index is 4300. The van der Waals surface area contributed by atoms with Gasteiger partial charge in [-0.2, -0.15) is 0 Å². The average molecular weight is 988 g/mol. The summed E-state index contributed by atoms with van der Waals surface area (Å²) >= 11 is 3.59. The summed E-state index contributed by atoms with van der Waals surface area (Å²) in [5.41, 5.74) is 21.2. The molecule has 0 saturated heterocycles. The summed E-state index contributed by atoms with van der Waals surface area (Å²) < 4.78 is 7.27. The first-order valence-corrected chi connectivity index (χ1v) is 25.1. The van der Waals surface area contributed by atoms with E-state index in [0.717, 1.165) is 59.7 Å². The second kappa shape index (κ2) is 16.4. The first-order valence-electron chi connectivity index (χ1n) is 24.3. The number of hydrogen-bond acceptors (Lipinski definition) is 4. The molecule has 0 aliphatic heterocycles. The van der Waals surface area contributed by atoms with Gasteiger partial charge in [0.25, 0.3) is 0 Å². The molecular formula is C66H43BrN4O. The van der Waals surface area contributed by atoms with E-state index in [1.54, 1.807) is 0 Å². The van der Waals surface area contributed by atoms with E-state index >= 15 is 0 Å². The highest BCUT2D eigenvalue weighted by Gasteiger charge is 2.38. The molecule has 72 heavy (non-hydrogen) atoms. The Hall–Kier alpha value is -8.71. The SMILES string of the molecule is CC1(C)c2cc(-c3cccc(-c4cccc5c4[nH]c4ccc(-c6ccccc6)cc45)c3)ccc2-c2cccc(-c3ccc(-c4nc(-c5ccc(Br)cc5)nc(-c5ccc6c(c5)oc5ccccc56)n4)cc3)c21. The summed E-state index contributed by atoms with van der Waals surface area (Å²) in [7, 11) is 0. The molecule has 0 saturated carbocycles. The van der Waals surface area contributed by atoms with E-state index < -0.39 is 0 Å². The molecule has 340 valence electrons. The van der Waals surface area contributed by atoms with Crippen LogP contribution in [0.25, 0.3) is 134 Å². The number of halogens is 1. The zero-order chi connectivity index (χ0) is 48.1. The van der Waals surface area contributed by atoms with Gasteiger partial charge < -0.3 is 9.40 Å². The summed E-state index contributed by atoms with van der Waals surface area (Å²) in [6, 6.07) is 77.9. The van der Waals surface area contributed by atoms with Gasteiger partial charge in [0.05, 0.1) is 5.52 Å². The van der Waals surface area contributed by atoms with Gasteiger partial charge >= 0.3 is 0 Å². The standard InChI is InChI=1S/C66H43BrN4O/c1-66(2)57-37-45(43-13-8-14-46(35-43)50-17-10-19-55-56-36-44(39-11-4-3-5-12-39)29-34-58(56)68-62(50)55)27-32-51(57)54-18-9-16-49(61(54)66)40-21-23-41(24-22-40)63-69-64(42-25-30-48(67)31-26-42)71-65(70-63)47-28-33-53-52-15-6-7-20-59(52)72-60(53)38-47/h3-38,68H,1-2H3. The summed E-state index contributed by atoms with van der Waals surface area (Å²) in [5, 5.41) is 4.61. The first kappa shape index (κ1) is 42.2. The van der Waals surface area contributed by atoms with Crippen molar-refractivity contribution in [2.45, 2.75) is 19.3 Å². The number of aromatic amines is 1. The van der Waals surface area contributed by atoms with Crippen molar-refractivity contribution < 1.29 is 4.42 Å². The predicted octanol–water partition coefficient (Wildman–Crippen LogP) is 18.1. The van der Waals surface area contributed by atoms with Crippen molar-refractivity contribution in [3.8, 4) is 89.8 Å². The van der Waals surface area contributed by atoms with Crippen molar-refractivity contribution in [1.82, 2.24) is 19.9 Å². The minimum Gasteiger partial charge on any atom is -0.456 e. The maximum atomic E-state index is 6.28. The molecule has 1 N–H and O–H groups in total. The maximum Gasteiger partial charge on any atom is 0.164 e. The average Bonchev–Trinajstić information content (AvgIpc) is 4.08. The fourth-order valence-corrected chi connectivity index (χ4v) is 11.4. The van der Waals surface area contributed by atoms with Crippen LogP contribution in [0.1, 0.15) is 25.0 Å². The lowest BCUT2D eigenvalue weighted by Crippen LogP contribution is -2.16. The van der Waals surface area contributed by atoms with Crippen molar-refractivity contribution in [3.63, 3.8) is 0 Å². The van der Waals surface area contributed by atoms with E-state index in [1.807, 2.05) is 48.5 Å². The van der Waals surface area contributed by atoms with E-state index in [2.05, 4.69) is 205 Å². The maximum absolute atomic E-state index is 6.28. The number of nitrogens with zero attached hydrogens (tertiary/aromatic N) is 3. The molecule has 1 aliphatic rings. The number of H-pyrrole nitrogens is 1. The Morgan fingerprint density at radius 2 is 0.944 bits per heavy atom. The van der Waals surface area contributed by atoms with Gasteiger partial charge in [0.1, 0.15) is 11.2 Å².